The number of ether oxygens (including phenoxy) is 1. The summed E-state index contributed by atoms with van der Waals surface area (Å²) < 4.78 is 36.5. The molecule has 0 atom stereocenters. The summed E-state index contributed by atoms with van der Waals surface area (Å²) in [7, 11) is -2.78. The van der Waals surface area contributed by atoms with Gasteiger partial charge in [0, 0.05) is 30.8 Å². The van der Waals surface area contributed by atoms with E-state index in [0.29, 0.717) is 18.8 Å². The van der Waals surface area contributed by atoms with Crippen molar-refractivity contribution in [3.63, 3.8) is 0 Å². The summed E-state index contributed by atoms with van der Waals surface area (Å²) in [6.45, 7) is 3.07. The van der Waals surface area contributed by atoms with E-state index in [1.54, 1.807) is 11.0 Å². The predicted octanol–water partition coefficient (Wildman–Crippen LogP) is 3.17. The number of nitrogens with two attached hydrogens (primary N) is 1. The van der Waals surface area contributed by atoms with E-state index in [1.165, 1.54) is 7.11 Å². The molecule has 0 bridgehead atoms. The number of rotatable bonds is 6. The second-order valence-corrected chi connectivity index (χ2v) is 8.87. The SMILES string of the molecule is COc1c(OS(=O)(=O)c2ccc([N+](=O)[O-])cc2)cc(C)cc1C1CCN(C(=N)N)CC1.Cl. The molecule has 0 amide bonds. The number of nitro groups is 1. The standard InChI is InChI=1S/C20H24N4O6S.ClH/c1-13-11-17(14-7-9-23(10-8-14)20(21)22)19(29-2)18(12-13)30-31(27,28)16-5-3-15(4-6-16)24(25)26;/h3-6,11-12,14H,7-10H2,1-2H3,(H3,21,22);1H. The van der Waals surface area contributed by atoms with Crippen LogP contribution >= 0.6 is 12.4 Å². The number of halogens is 1. The number of benzene rings is 2. The maximum Gasteiger partial charge on any atom is 0.339 e. The van der Waals surface area contributed by atoms with Crippen LogP contribution in [0.25, 0.3) is 0 Å². The topological polar surface area (TPSA) is 149 Å². The van der Waals surface area contributed by atoms with Crippen LogP contribution in [-0.4, -0.2) is 44.4 Å². The van der Waals surface area contributed by atoms with E-state index in [4.69, 9.17) is 20.1 Å². The van der Waals surface area contributed by atoms with Crippen molar-refractivity contribution in [2.24, 2.45) is 5.73 Å². The first kappa shape index (κ1) is 25.2. The fourth-order valence-corrected chi connectivity index (χ4v) is 4.61. The minimum absolute atomic E-state index is 0. The quantitative estimate of drug-likeness (QED) is 0.209. The van der Waals surface area contributed by atoms with E-state index in [-0.39, 0.29) is 40.6 Å². The molecule has 1 aliphatic heterocycles. The van der Waals surface area contributed by atoms with Gasteiger partial charge in [-0.2, -0.15) is 8.42 Å². The molecular formula is C20H25ClN4O6S. The average Bonchev–Trinajstić information content (AvgIpc) is 2.73. The molecular weight excluding hydrogens is 460 g/mol. The van der Waals surface area contributed by atoms with Gasteiger partial charge in [-0.3, -0.25) is 15.5 Å². The number of aryl methyl sites for hydroxylation is 1. The van der Waals surface area contributed by atoms with Gasteiger partial charge in [0.25, 0.3) is 5.69 Å². The van der Waals surface area contributed by atoms with Crippen molar-refractivity contribution >= 4 is 34.2 Å². The van der Waals surface area contributed by atoms with Crippen LogP contribution in [0.3, 0.4) is 0 Å². The molecule has 1 heterocycles. The lowest BCUT2D eigenvalue weighted by molar-refractivity contribution is -0.384. The molecule has 1 fully saturated rings. The molecule has 0 radical (unpaired) electrons. The summed E-state index contributed by atoms with van der Waals surface area (Å²) in [4.78, 5) is 11.8. The number of nitrogens with one attached hydrogen (secondary N) is 1. The third-order valence-electron chi connectivity index (χ3n) is 5.24. The molecule has 0 unspecified atom stereocenters. The van der Waals surface area contributed by atoms with Crippen molar-refractivity contribution in [3.8, 4) is 11.5 Å². The van der Waals surface area contributed by atoms with Crippen molar-refractivity contribution in [3.05, 3.63) is 57.6 Å². The van der Waals surface area contributed by atoms with Crippen molar-refractivity contribution in [1.29, 1.82) is 5.41 Å². The third-order valence-corrected chi connectivity index (χ3v) is 6.49. The maximum atomic E-state index is 12.8. The number of methoxy groups -OCH3 is 1. The molecule has 0 saturated carbocycles. The van der Waals surface area contributed by atoms with E-state index < -0.39 is 15.0 Å². The molecule has 2 aromatic rings. The Morgan fingerprint density at radius 3 is 2.31 bits per heavy atom. The van der Waals surface area contributed by atoms with E-state index in [9.17, 15) is 18.5 Å². The van der Waals surface area contributed by atoms with Crippen molar-refractivity contribution in [2.45, 2.75) is 30.6 Å². The predicted molar refractivity (Wildman–Crippen MR) is 121 cm³/mol. The molecule has 0 spiro atoms. The van der Waals surface area contributed by atoms with Gasteiger partial charge in [0.05, 0.1) is 12.0 Å². The van der Waals surface area contributed by atoms with E-state index in [2.05, 4.69) is 0 Å². The van der Waals surface area contributed by atoms with Crippen molar-refractivity contribution < 1.29 is 22.3 Å². The smallest absolute Gasteiger partial charge is 0.339 e. The van der Waals surface area contributed by atoms with Gasteiger partial charge < -0.3 is 19.6 Å². The molecule has 3 rings (SSSR count). The fraction of sp³-hybridized carbons (Fsp3) is 0.350. The summed E-state index contributed by atoms with van der Waals surface area (Å²) >= 11 is 0. The van der Waals surface area contributed by atoms with Crippen LogP contribution in [0.1, 0.15) is 29.9 Å². The molecule has 10 nitrogen and oxygen atoms in total. The minimum Gasteiger partial charge on any atom is -0.492 e. The first-order valence-corrected chi connectivity index (χ1v) is 11.0. The van der Waals surface area contributed by atoms with Crippen LogP contribution in [0.2, 0.25) is 0 Å². The van der Waals surface area contributed by atoms with Gasteiger partial charge in [-0.25, -0.2) is 0 Å². The molecule has 12 heteroatoms. The number of guanidine groups is 1. The monoisotopic (exact) mass is 484 g/mol. The van der Waals surface area contributed by atoms with Gasteiger partial charge in [-0.15, -0.1) is 12.4 Å². The summed E-state index contributed by atoms with van der Waals surface area (Å²) in [6.07, 6.45) is 1.46. The zero-order valence-corrected chi connectivity index (χ0v) is 19.2. The molecule has 2 aromatic carbocycles. The number of nitrogens with zero attached hydrogens (tertiary/aromatic N) is 2. The third kappa shape index (κ3) is 5.40. The van der Waals surface area contributed by atoms with Gasteiger partial charge >= 0.3 is 10.1 Å². The summed E-state index contributed by atoms with van der Waals surface area (Å²) in [5, 5.41) is 18.4. The summed E-state index contributed by atoms with van der Waals surface area (Å²) in [5.74, 6) is 0.518. The Hall–Kier alpha value is -3.05. The van der Waals surface area contributed by atoms with Gasteiger partial charge in [-0.05, 0) is 49.4 Å². The number of hydrogen-bond acceptors (Lipinski definition) is 7. The number of hydrogen-bond donors (Lipinski definition) is 2. The molecule has 1 saturated heterocycles. The highest BCUT2D eigenvalue weighted by Crippen LogP contribution is 2.41. The second kappa shape index (κ2) is 10.0. The van der Waals surface area contributed by atoms with Crippen molar-refractivity contribution in [2.75, 3.05) is 20.2 Å². The zero-order valence-electron chi connectivity index (χ0n) is 17.6. The summed E-state index contributed by atoms with van der Waals surface area (Å²) in [5.41, 5.74) is 6.99. The highest BCUT2D eigenvalue weighted by molar-refractivity contribution is 7.87. The Balaban J connectivity index is 0.00000363. The van der Waals surface area contributed by atoms with Gasteiger partial charge in [0.2, 0.25) is 0 Å². The van der Waals surface area contributed by atoms with Gasteiger partial charge in [0.15, 0.2) is 17.5 Å². The molecule has 174 valence electrons. The lowest BCUT2D eigenvalue weighted by Crippen LogP contribution is -2.41. The Kier molecular flexibility index (Phi) is 7.92. The second-order valence-electron chi connectivity index (χ2n) is 7.32. The first-order chi connectivity index (χ1) is 14.6. The largest absolute Gasteiger partial charge is 0.492 e. The normalized spacial score (nSPS) is 14.4. The molecule has 0 aromatic heterocycles. The molecule has 3 N–H and O–H groups in total. The van der Waals surface area contributed by atoms with Crippen LogP contribution in [0, 0.1) is 22.4 Å². The van der Waals surface area contributed by atoms with Crippen LogP contribution < -0.4 is 14.7 Å². The Morgan fingerprint density at radius 2 is 1.81 bits per heavy atom. The van der Waals surface area contributed by atoms with Crippen LogP contribution in [0.15, 0.2) is 41.3 Å². The van der Waals surface area contributed by atoms with E-state index in [1.807, 2.05) is 13.0 Å². The Labute approximate surface area is 192 Å². The van der Waals surface area contributed by atoms with Gasteiger partial charge in [0.1, 0.15) is 4.90 Å². The van der Waals surface area contributed by atoms with Crippen LogP contribution in [0.5, 0.6) is 11.5 Å². The van der Waals surface area contributed by atoms with E-state index in [0.717, 1.165) is 48.2 Å². The number of likely N-dealkylation sites (tertiary alicyclic amines) is 1. The lowest BCUT2D eigenvalue weighted by Gasteiger charge is -2.33. The van der Waals surface area contributed by atoms with Crippen molar-refractivity contribution in [1.82, 2.24) is 4.90 Å². The number of non-ortho nitro benzene ring substituents is 1. The number of piperidine rings is 1. The Bertz CT molecular complexity index is 1100. The lowest BCUT2D eigenvalue weighted by atomic mass is 9.88. The Morgan fingerprint density at radius 1 is 1.22 bits per heavy atom. The molecule has 0 aliphatic carbocycles. The van der Waals surface area contributed by atoms with Crippen LogP contribution in [0.4, 0.5) is 5.69 Å². The maximum absolute atomic E-state index is 12.8. The molecule has 1 aliphatic rings. The first-order valence-electron chi connectivity index (χ1n) is 9.59. The number of nitro benzene ring substituents is 1. The average molecular weight is 485 g/mol. The zero-order chi connectivity index (χ0) is 22.8. The highest BCUT2D eigenvalue weighted by Gasteiger charge is 2.28. The van der Waals surface area contributed by atoms with Gasteiger partial charge in [-0.1, -0.05) is 6.07 Å². The summed E-state index contributed by atoms with van der Waals surface area (Å²) in [6, 6.07) is 8.01. The minimum atomic E-state index is -4.23. The highest BCUT2D eigenvalue weighted by atomic mass is 35.5. The fourth-order valence-electron chi connectivity index (χ4n) is 3.68. The van der Waals surface area contributed by atoms with E-state index >= 15 is 0 Å². The van der Waals surface area contributed by atoms with Crippen LogP contribution in [-0.2, 0) is 10.1 Å². The molecule has 32 heavy (non-hydrogen) atoms.